The molecule has 0 bridgehead atoms. The highest BCUT2D eigenvalue weighted by molar-refractivity contribution is 6.08. The number of hydrogen-bond acceptors (Lipinski definition) is 20. The number of Topliss-reactive ketones (excluding diaryl/α,β-unsaturated/α-hetero) is 3. The Bertz CT molecular complexity index is 3170. The van der Waals surface area contributed by atoms with E-state index in [1.54, 1.807) is 49.7 Å². The Labute approximate surface area is 485 Å². The van der Waals surface area contributed by atoms with Crippen molar-refractivity contribution in [3.63, 3.8) is 0 Å². The van der Waals surface area contributed by atoms with E-state index in [0.29, 0.717) is 115 Å². The van der Waals surface area contributed by atoms with Gasteiger partial charge in [0, 0.05) is 71.9 Å². The molecule has 8 atom stereocenters. The summed E-state index contributed by atoms with van der Waals surface area (Å²) in [5, 5.41) is 17.1. The second-order valence-electron chi connectivity index (χ2n) is 24.8. The Morgan fingerprint density at radius 3 is 2.23 bits per heavy atom. The Kier molecular flexibility index (Phi) is 17.6. The first-order valence-corrected chi connectivity index (χ1v) is 29.9. The number of ketones is 3. The second-order valence-corrected chi connectivity index (χ2v) is 24.8. The van der Waals surface area contributed by atoms with Crippen LogP contribution in [0.2, 0.25) is 0 Å². The maximum atomic E-state index is 14.6. The molecule has 0 radical (unpaired) electrons. The minimum atomic E-state index is -0.948. The molecule has 83 heavy (non-hydrogen) atoms. The molecule has 10 rings (SSSR count). The molecular weight excluding hydrogens is 1060 g/mol. The number of ether oxygens (including phenoxy) is 3. The summed E-state index contributed by atoms with van der Waals surface area (Å²) in [6.07, 6.45) is 15.6. The monoisotopic (exact) mass is 1140 g/mol. The highest BCUT2D eigenvalue weighted by Crippen LogP contribution is 2.50. The van der Waals surface area contributed by atoms with E-state index in [1.165, 1.54) is 0 Å². The molecule has 6 aliphatic rings. The molecule has 6 heterocycles. The number of allylic oxidation sites excluding steroid dienone is 3. The molecule has 2 saturated carbocycles. The number of nitrogens with one attached hydrogen (secondary N) is 1. The number of carbonyl (C=O) groups is 4. The van der Waals surface area contributed by atoms with Gasteiger partial charge in [0.05, 0.1) is 40.6 Å². The second kappa shape index (κ2) is 24.7. The SMILES string of the molecule is C[C@H](O)CN=CC=C(N)c1cc(O[C@@H](C)[C@@H]2CCCN2C)nc(-c2onc3c2CCC[C@@]32CCC(CC(C)(C)OC(=O)Nc3ccc(-c4cc(O[C@@H](C)[C@@H]5CCCN5C)nc(C(=O)C5=C(N)[C@]6(CCCCC6=O)CCC5)n4)cn3)CC2=O)n1. The van der Waals surface area contributed by atoms with Gasteiger partial charge in [0.15, 0.2) is 0 Å². The molecule has 21 heteroatoms. The number of aromatic nitrogens is 6. The molecule has 4 aromatic rings. The Morgan fingerprint density at radius 1 is 0.867 bits per heavy atom. The van der Waals surface area contributed by atoms with Crippen LogP contribution < -0.4 is 26.3 Å². The zero-order valence-electron chi connectivity index (χ0n) is 49.2. The number of fused-ring (bicyclic) bond motifs is 2. The van der Waals surface area contributed by atoms with Gasteiger partial charge in [-0.15, -0.1) is 0 Å². The minimum absolute atomic E-state index is 0.0631. The van der Waals surface area contributed by atoms with Crippen molar-refractivity contribution in [2.45, 2.75) is 192 Å². The van der Waals surface area contributed by atoms with Crippen molar-refractivity contribution in [1.82, 2.24) is 39.9 Å². The maximum Gasteiger partial charge on any atom is 0.413 e. The van der Waals surface area contributed by atoms with E-state index in [4.69, 9.17) is 45.2 Å². The number of rotatable bonds is 18. The number of anilines is 1. The molecule has 2 spiro atoms. The third-order valence-electron chi connectivity index (χ3n) is 18.3. The van der Waals surface area contributed by atoms with Crippen LogP contribution in [-0.2, 0) is 26.2 Å². The third kappa shape index (κ3) is 12.8. The van der Waals surface area contributed by atoms with Crippen LogP contribution >= 0.6 is 0 Å². The van der Waals surface area contributed by atoms with Crippen molar-refractivity contribution < 1.29 is 43.0 Å². The van der Waals surface area contributed by atoms with Crippen molar-refractivity contribution in [2.24, 2.45) is 27.8 Å². The summed E-state index contributed by atoms with van der Waals surface area (Å²) in [5.41, 5.74) is 14.6. The van der Waals surface area contributed by atoms with E-state index in [9.17, 15) is 24.3 Å². The van der Waals surface area contributed by atoms with Gasteiger partial charge in [-0.3, -0.25) is 34.5 Å². The summed E-state index contributed by atoms with van der Waals surface area (Å²) in [5.74, 6) is 1.07. The summed E-state index contributed by atoms with van der Waals surface area (Å²) >= 11 is 0. The first-order chi connectivity index (χ1) is 39.7. The normalized spacial score (nSPS) is 25.7. The summed E-state index contributed by atoms with van der Waals surface area (Å²) in [7, 11) is 4.17. The molecule has 1 unspecified atom stereocenters. The van der Waals surface area contributed by atoms with E-state index in [0.717, 1.165) is 63.6 Å². The molecule has 4 aliphatic carbocycles. The number of nitrogens with two attached hydrogens (primary N) is 2. The van der Waals surface area contributed by atoms with Crippen molar-refractivity contribution >= 4 is 41.2 Å². The van der Waals surface area contributed by atoms with Crippen LogP contribution in [0.3, 0.4) is 0 Å². The van der Waals surface area contributed by atoms with E-state index >= 15 is 0 Å². The van der Waals surface area contributed by atoms with Crippen LogP contribution in [0.15, 0.2) is 57.3 Å². The predicted molar refractivity (Wildman–Crippen MR) is 313 cm³/mol. The number of carbonyl (C=O) groups excluding carboxylic acids is 4. The number of aliphatic hydroxyl groups is 1. The number of nitrogens with zero attached hydrogens (tertiary/aromatic N) is 9. The summed E-state index contributed by atoms with van der Waals surface area (Å²) in [6, 6.07) is 7.15. The summed E-state index contributed by atoms with van der Waals surface area (Å²) in [4.78, 5) is 88.4. The van der Waals surface area contributed by atoms with Crippen molar-refractivity contribution in [3.8, 4) is 34.6 Å². The van der Waals surface area contributed by atoms with Crippen LogP contribution in [0, 0.1) is 11.3 Å². The Balaban J connectivity index is 0.805. The van der Waals surface area contributed by atoms with Crippen LogP contribution in [0.1, 0.15) is 171 Å². The molecule has 21 nitrogen and oxygen atoms in total. The zero-order valence-corrected chi connectivity index (χ0v) is 49.2. The number of pyridine rings is 1. The molecule has 1 amide bonds. The predicted octanol–water partition coefficient (Wildman–Crippen LogP) is 8.53. The summed E-state index contributed by atoms with van der Waals surface area (Å²) < 4.78 is 25.1. The van der Waals surface area contributed by atoms with Crippen LogP contribution in [0.25, 0.3) is 28.5 Å². The number of aliphatic hydroxyl groups excluding tert-OH is 1. The van der Waals surface area contributed by atoms with Gasteiger partial charge in [0.2, 0.25) is 35.0 Å². The lowest BCUT2D eigenvalue weighted by atomic mass is 9.61. The third-order valence-corrected chi connectivity index (χ3v) is 18.3. The van der Waals surface area contributed by atoms with Gasteiger partial charge in [-0.25, -0.2) is 19.7 Å². The molecule has 4 aromatic heterocycles. The van der Waals surface area contributed by atoms with Gasteiger partial charge in [-0.05, 0) is 182 Å². The molecule has 2 aliphatic heterocycles. The minimum Gasteiger partial charge on any atom is -0.473 e. The fourth-order valence-corrected chi connectivity index (χ4v) is 14.0. The highest BCUT2D eigenvalue weighted by atomic mass is 16.6. The molecule has 6 N–H and O–H groups in total. The molecule has 2 saturated heterocycles. The molecule has 0 aromatic carbocycles. The van der Waals surface area contributed by atoms with Crippen LogP contribution in [0.4, 0.5) is 10.6 Å². The van der Waals surface area contributed by atoms with Crippen LogP contribution in [0.5, 0.6) is 11.8 Å². The Hall–Kier alpha value is -6.97. The number of hydrogen-bond donors (Lipinski definition) is 4. The van der Waals surface area contributed by atoms with Crippen LogP contribution in [-0.4, -0.2) is 144 Å². The molecule has 444 valence electrons. The highest BCUT2D eigenvalue weighted by Gasteiger charge is 2.51. The fraction of sp³-hybridized carbons (Fsp3) is 0.597. The largest absolute Gasteiger partial charge is 0.473 e. The van der Waals surface area contributed by atoms with E-state index in [1.807, 2.05) is 27.7 Å². The van der Waals surface area contributed by atoms with E-state index < -0.39 is 34.4 Å². The van der Waals surface area contributed by atoms with Gasteiger partial charge in [-0.2, -0.15) is 9.97 Å². The van der Waals surface area contributed by atoms with Gasteiger partial charge in [-0.1, -0.05) is 11.6 Å². The summed E-state index contributed by atoms with van der Waals surface area (Å²) in [6.45, 7) is 11.6. The van der Waals surface area contributed by atoms with Gasteiger partial charge < -0.3 is 35.3 Å². The standard InChI is InChI=1S/C62H82N12O9/c1-36(75)34-65-27-22-43(63)45-32-52(81-38(3)47-17-13-29-74(47)7)71-58(68-45)54-42-15-11-25-62(56(42)72-83-54)26-21-39(30-49(62)77)33-60(4,5)82-59(79)69-50-20-19-40(35-66-50)44-31-51(80-37(2)46-16-12-28-73(46)6)70-57(67-44)53(78)41-14-10-24-61(55(41)64)23-9-8-18-48(61)76/h19-20,22,27,31-32,35-39,46-47,75H,8-18,21,23-26,28-30,33-34,63-64H2,1-7H3,(H,66,69,79)/t36-,37-,38-,39?,46-,47-,61+,62-/m0/s1. The number of aliphatic imine (C=N–C) groups is 1. The first-order valence-electron chi connectivity index (χ1n) is 29.9. The average Bonchev–Trinajstić information content (AvgIpc) is 2.29. The topological polar surface area (TPSA) is 290 Å². The smallest absolute Gasteiger partial charge is 0.413 e. The van der Waals surface area contributed by atoms with Gasteiger partial charge in [0.25, 0.3) is 0 Å². The lowest BCUT2D eigenvalue weighted by Crippen LogP contribution is -2.45. The molecular formula is C62H82N12O9. The number of amides is 1. The van der Waals surface area contributed by atoms with Gasteiger partial charge >= 0.3 is 6.09 Å². The fourth-order valence-electron chi connectivity index (χ4n) is 14.0. The van der Waals surface area contributed by atoms with Gasteiger partial charge in [0.1, 0.15) is 40.9 Å². The quantitative estimate of drug-likeness (QED) is 0.0536. The number of likely N-dealkylation sites (N-methyl/N-ethyl adjacent to an activating group) is 2. The lowest BCUT2D eigenvalue weighted by molar-refractivity contribution is -0.130. The van der Waals surface area contributed by atoms with Crippen molar-refractivity contribution in [2.75, 3.05) is 39.0 Å². The van der Waals surface area contributed by atoms with Crippen molar-refractivity contribution in [1.29, 1.82) is 0 Å². The van der Waals surface area contributed by atoms with Crippen molar-refractivity contribution in [3.05, 3.63) is 70.6 Å². The van der Waals surface area contributed by atoms with E-state index in [-0.39, 0.29) is 78.1 Å². The lowest BCUT2D eigenvalue weighted by Gasteiger charge is -2.41. The zero-order chi connectivity index (χ0) is 58.8. The maximum absolute atomic E-state index is 14.6. The average molecular weight is 1140 g/mol. The Morgan fingerprint density at radius 2 is 1.57 bits per heavy atom. The molecule has 4 fully saturated rings. The first kappa shape index (κ1) is 59.2. The van der Waals surface area contributed by atoms with E-state index in [2.05, 4.69) is 49.3 Å². The number of likely N-dealkylation sites (tertiary alicyclic amines) is 2.